The molecule has 1 saturated carbocycles. The summed E-state index contributed by atoms with van der Waals surface area (Å²) in [6, 6.07) is 5.06. The quantitative estimate of drug-likeness (QED) is 0.676. The summed E-state index contributed by atoms with van der Waals surface area (Å²) >= 11 is 6.05. The van der Waals surface area contributed by atoms with Gasteiger partial charge >= 0.3 is 0 Å². The number of aliphatic hydroxyl groups is 1. The molecule has 1 aliphatic rings. The lowest BCUT2D eigenvalue weighted by molar-refractivity contribution is 0.0316. The average molecular weight is 269 g/mol. The number of aldehydes is 1. The molecule has 4 heteroatoms. The van der Waals surface area contributed by atoms with Crippen LogP contribution >= 0.6 is 11.6 Å². The van der Waals surface area contributed by atoms with Gasteiger partial charge in [0, 0.05) is 0 Å². The van der Waals surface area contributed by atoms with Gasteiger partial charge in [-0.25, -0.2) is 0 Å². The SMILES string of the molecule is O=Cc1cccc(Cl)c1OC1CCCCCC1O. The third-order valence-corrected chi connectivity index (χ3v) is 3.61. The summed E-state index contributed by atoms with van der Waals surface area (Å²) in [7, 11) is 0. The Labute approximate surface area is 112 Å². The Morgan fingerprint density at radius 2 is 2.06 bits per heavy atom. The van der Waals surface area contributed by atoms with Gasteiger partial charge in [0.25, 0.3) is 0 Å². The van der Waals surface area contributed by atoms with Gasteiger partial charge in [-0.2, -0.15) is 0 Å². The van der Waals surface area contributed by atoms with E-state index in [-0.39, 0.29) is 6.10 Å². The van der Waals surface area contributed by atoms with Crippen molar-refractivity contribution in [3.8, 4) is 5.75 Å². The molecule has 0 aliphatic heterocycles. The summed E-state index contributed by atoms with van der Waals surface area (Å²) in [4.78, 5) is 11.0. The molecule has 2 atom stereocenters. The van der Waals surface area contributed by atoms with Gasteiger partial charge in [-0.3, -0.25) is 4.79 Å². The van der Waals surface area contributed by atoms with Crippen molar-refractivity contribution in [1.82, 2.24) is 0 Å². The van der Waals surface area contributed by atoms with Crippen molar-refractivity contribution >= 4 is 17.9 Å². The summed E-state index contributed by atoms with van der Waals surface area (Å²) in [6.07, 6.45) is 4.67. The smallest absolute Gasteiger partial charge is 0.153 e. The number of ether oxygens (including phenoxy) is 1. The predicted octanol–water partition coefficient (Wildman–Crippen LogP) is 3.22. The lowest BCUT2D eigenvalue weighted by Crippen LogP contribution is -2.30. The number of halogens is 1. The van der Waals surface area contributed by atoms with Crippen LogP contribution in [0.4, 0.5) is 0 Å². The number of carbonyl (C=O) groups excluding carboxylic acids is 1. The normalized spacial score (nSPS) is 24.3. The number of para-hydroxylation sites is 1. The van der Waals surface area contributed by atoms with Crippen LogP contribution in [0.5, 0.6) is 5.75 Å². The predicted molar refractivity (Wildman–Crippen MR) is 70.3 cm³/mol. The van der Waals surface area contributed by atoms with Crippen LogP contribution in [0, 0.1) is 0 Å². The number of benzene rings is 1. The van der Waals surface area contributed by atoms with Gasteiger partial charge in [-0.1, -0.05) is 30.5 Å². The summed E-state index contributed by atoms with van der Waals surface area (Å²) in [5.74, 6) is 0.389. The Morgan fingerprint density at radius 3 is 2.83 bits per heavy atom. The molecule has 0 aromatic heterocycles. The molecular formula is C14H17ClO3. The number of aliphatic hydroxyl groups excluding tert-OH is 1. The standard InChI is InChI=1S/C14H17ClO3/c15-11-6-4-5-10(9-16)14(11)18-13-8-3-1-2-7-12(13)17/h4-6,9,12-13,17H,1-3,7-8H2. The van der Waals surface area contributed by atoms with Crippen LogP contribution in [-0.4, -0.2) is 23.6 Å². The van der Waals surface area contributed by atoms with Crippen molar-refractivity contribution in [1.29, 1.82) is 0 Å². The first kappa shape index (κ1) is 13.4. The van der Waals surface area contributed by atoms with Crippen LogP contribution in [0.3, 0.4) is 0 Å². The number of hydrogen-bond acceptors (Lipinski definition) is 3. The first-order valence-corrected chi connectivity index (χ1v) is 6.68. The van der Waals surface area contributed by atoms with E-state index in [0.717, 1.165) is 38.4 Å². The van der Waals surface area contributed by atoms with Crippen molar-refractivity contribution in [3.63, 3.8) is 0 Å². The minimum atomic E-state index is -0.483. The van der Waals surface area contributed by atoms with E-state index < -0.39 is 6.10 Å². The lowest BCUT2D eigenvalue weighted by Gasteiger charge is -2.23. The van der Waals surface area contributed by atoms with Crippen LogP contribution in [0.15, 0.2) is 18.2 Å². The second-order valence-corrected chi connectivity index (χ2v) is 5.04. The van der Waals surface area contributed by atoms with Crippen molar-refractivity contribution < 1.29 is 14.6 Å². The third-order valence-electron chi connectivity index (χ3n) is 3.31. The van der Waals surface area contributed by atoms with E-state index in [1.165, 1.54) is 0 Å². The molecule has 1 aromatic carbocycles. The number of rotatable bonds is 3. The van der Waals surface area contributed by atoms with E-state index in [1.807, 2.05) is 0 Å². The highest BCUT2D eigenvalue weighted by Gasteiger charge is 2.24. The van der Waals surface area contributed by atoms with Crippen molar-refractivity contribution in [2.24, 2.45) is 0 Å². The zero-order chi connectivity index (χ0) is 13.0. The molecule has 1 aromatic rings. The van der Waals surface area contributed by atoms with Crippen LogP contribution in [0.25, 0.3) is 0 Å². The maximum atomic E-state index is 11.0. The van der Waals surface area contributed by atoms with Gasteiger partial charge in [0.15, 0.2) is 6.29 Å². The zero-order valence-electron chi connectivity index (χ0n) is 10.1. The van der Waals surface area contributed by atoms with Gasteiger partial charge in [-0.15, -0.1) is 0 Å². The van der Waals surface area contributed by atoms with E-state index in [9.17, 15) is 9.90 Å². The Morgan fingerprint density at radius 1 is 1.28 bits per heavy atom. The molecular weight excluding hydrogens is 252 g/mol. The van der Waals surface area contributed by atoms with E-state index >= 15 is 0 Å². The molecule has 1 fully saturated rings. The number of hydrogen-bond donors (Lipinski definition) is 1. The molecule has 0 heterocycles. The summed E-state index contributed by atoms with van der Waals surface area (Å²) < 4.78 is 5.79. The van der Waals surface area contributed by atoms with Gasteiger partial charge in [0.1, 0.15) is 11.9 Å². The Hall–Kier alpha value is -1.06. The highest BCUT2D eigenvalue weighted by molar-refractivity contribution is 6.32. The van der Waals surface area contributed by atoms with Gasteiger partial charge in [0.05, 0.1) is 16.7 Å². The van der Waals surface area contributed by atoms with Crippen molar-refractivity contribution in [2.75, 3.05) is 0 Å². The molecule has 2 unspecified atom stereocenters. The molecule has 0 saturated heterocycles. The van der Waals surface area contributed by atoms with Crippen LogP contribution in [0.2, 0.25) is 5.02 Å². The minimum absolute atomic E-state index is 0.272. The maximum Gasteiger partial charge on any atom is 0.153 e. The lowest BCUT2D eigenvalue weighted by atomic mass is 10.1. The average Bonchev–Trinajstić information content (AvgIpc) is 2.57. The molecule has 1 N–H and O–H groups in total. The summed E-state index contributed by atoms with van der Waals surface area (Å²) in [5, 5.41) is 10.4. The molecule has 0 spiro atoms. The topological polar surface area (TPSA) is 46.5 Å². The fraction of sp³-hybridized carbons (Fsp3) is 0.500. The summed E-state index contributed by atoms with van der Waals surface area (Å²) in [6.45, 7) is 0. The molecule has 18 heavy (non-hydrogen) atoms. The third kappa shape index (κ3) is 3.03. The van der Waals surface area contributed by atoms with Gasteiger partial charge < -0.3 is 9.84 Å². The second kappa shape index (κ2) is 6.21. The first-order valence-electron chi connectivity index (χ1n) is 6.31. The Bertz CT molecular complexity index is 420. The highest BCUT2D eigenvalue weighted by atomic mass is 35.5. The van der Waals surface area contributed by atoms with Crippen LogP contribution in [0.1, 0.15) is 42.5 Å². The van der Waals surface area contributed by atoms with E-state index in [4.69, 9.17) is 16.3 Å². The van der Waals surface area contributed by atoms with E-state index in [0.29, 0.717) is 16.3 Å². The largest absolute Gasteiger partial charge is 0.485 e. The summed E-state index contributed by atoms with van der Waals surface area (Å²) in [5.41, 5.74) is 0.430. The highest BCUT2D eigenvalue weighted by Crippen LogP contribution is 2.31. The molecule has 0 bridgehead atoms. The molecule has 98 valence electrons. The van der Waals surface area contributed by atoms with Gasteiger partial charge in [-0.05, 0) is 31.4 Å². The van der Waals surface area contributed by atoms with Gasteiger partial charge in [0.2, 0.25) is 0 Å². The maximum absolute atomic E-state index is 11.0. The second-order valence-electron chi connectivity index (χ2n) is 4.64. The van der Waals surface area contributed by atoms with Crippen LogP contribution in [-0.2, 0) is 0 Å². The van der Waals surface area contributed by atoms with Crippen LogP contribution < -0.4 is 4.74 Å². The Balaban J connectivity index is 2.19. The Kier molecular flexibility index (Phi) is 4.61. The molecule has 0 amide bonds. The molecule has 2 rings (SSSR count). The minimum Gasteiger partial charge on any atom is -0.485 e. The van der Waals surface area contributed by atoms with E-state index in [2.05, 4.69) is 0 Å². The zero-order valence-corrected chi connectivity index (χ0v) is 10.9. The van der Waals surface area contributed by atoms with E-state index in [1.54, 1.807) is 18.2 Å². The van der Waals surface area contributed by atoms with Crippen molar-refractivity contribution in [2.45, 2.75) is 44.3 Å². The fourth-order valence-electron chi connectivity index (χ4n) is 2.29. The monoisotopic (exact) mass is 268 g/mol. The molecule has 0 radical (unpaired) electrons. The first-order chi connectivity index (χ1) is 8.72. The molecule has 1 aliphatic carbocycles. The van der Waals surface area contributed by atoms with Crippen molar-refractivity contribution in [3.05, 3.63) is 28.8 Å². The molecule has 3 nitrogen and oxygen atoms in total. The fourth-order valence-corrected chi connectivity index (χ4v) is 2.51. The number of carbonyl (C=O) groups is 1.